The van der Waals surface area contributed by atoms with Crippen LogP contribution in [0.4, 0.5) is 4.39 Å². The second kappa shape index (κ2) is 7.86. The molecule has 1 aromatic heterocycles. The Morgan fingerprint density at radius 3 is 2.69 bits per heavy atom. The maximum absolute atomic E-state index is 13.3. The third kappa shape index (κ3) is 4.30. The Balaban J connectivity index is 1.65. The molecule has 0 bridgehead atoms. The Hall–Kier alpha value is -3.09. The Morgan fingerprint density at radius 2 is 2.00 bits per heavy atom. The summed E-state index contributed by atoms with van der Waals surface area (Å²) in [6.07, 6.45) is 0.772. The lowest BCUT2D eigenvalue weighted by atomic mass is 10.0. The lowest BCUT2D eigenvalue weighted by Crippen LogP contribution is -2.32. The molecule has 0 aliphatic rings. The maximum atomic E-state index is 13.3. The zero-order chi connectivity index (χ0) is 18.5. The lowest BCUT2D eigenvalue weighted by molar-refractivity contribution is -0.122. The van der Waals surface area contributed by atoms with Crippen molar-refractivity contribution in [2.24, 2.45) is 0 Å². The first kappa shape index (κ1) is 17.7. The van der Waals surface area contributed by atoms with Crippen LogP contribution in [-0.4, -0.2) is 26.1 Å². The molecule has 6 nitrogen and oxygen atoms in total. The van der Waals surface area contributed by atoms with E-state index in [4.69, 9.17) is 0 Å². The van der Waals surface area contributed by atoms with E-state index >= 15 is 0 Å². The van der Waals surface area contributed by atoms with E-state index in [-0.39, 0.29) is 30.1 Å². The first-order valence-electron chi connectivity index (χ1n) is 8.45. The van der Waals surface area contributed by atoms with Crippen LogP contribution in [0.15, 0.2) is 48.5 Å². The Bertz CT molecular complexity index is 891. The van der Waals surface area contributed by atoms with Gasteiger partial charge in [-0.1, -0.05) is 48.9 Å². The number of nitrogens with zero attached hydrogens (tertiary/aromatic N) is 4. The second-order valence-corrected chi connectivity index (χ2v) is 6.09. The molecule has 1 heterocycles. The molecule has 0 aliphatic heterocycles. The lowest BCUT2D eigenvalue weighted by Gasteiger charge is -2.17. The van der Waals surface area contributed by atoms with Gasteiger partial charge in [0.2, 0.25) is 11.7 Å². The van der Waals surface area contributed by atoms with E-state index in [1.807, 2.05) is 38.1 Å². The normalized spacial score (nSPS) is 12.0. The summed E-state index contributed by atoms with van der Waals surface area (Å²) in [7, 11) is 0. The van der Waals surface area contributed by atoms with E-state index < -0.39 is 0 Å². The van der Waals surface area contributed by atoms with Crippen LogP contribution >= 0.6 is 0 Å². The first-order valence-corrected chi connectivity index (χ1v) is 8.45. The highest BCUT2D eigenvalue weighted by Gasteiger charge is 2.15. The standard InChI is InChI=1S/C19H20FN5O/c1-3-17(14-9-7-13(2)8-10-14)21-18(26)12-25-23-19(22-24-25)15-5-4-6-16(20)11-15/h4-11,17H,3,12H2,1-2H3,(H,21,26)/t17-/m0/s1. The highest BCUT2D eigenvalue weighted by molar-refractivity contribution is 5.76. The van der Waals surface area contributed by atoms with Crippen molar-refractivity contribution in [3.8, 4) is 11.4 Å². The summed E-state index contributed by atoms with van der Waals surface area (Å²) in [5.41, 5.74) is 2.74. The van der Waals surface area contributed by atoms with Gasteiger partial charge in [0.25, 0.3) is 0 Å². The molecule has 1 amide bonds. The summed E-state index contributed by atoms with van der Waals surface area (Å²) in [5, 5.41) is 14.9. The number of hydrogen-bond donors (Lipinski definition) is 1. The summed E-state index contributed by atoms with van der Waals surface area (Å²) >= 11 is 0. The summed E-state index contributed by atoms with van der Waals surface area (Å²) < 4.78 is 13.3. The van der Waals surface area contributed by atoms with Gasteiger partial charge in [-0.05, 0) is 36.3 Å². The minimum absolute atomic E-state index is 0.0509. The molecular weight excluding hydrogens is 333 g/mol. The van der Waals surface area contributed by atoms with E-state index in [0.29, 0.717) is 5.56 Å². The van der Waals surface area contributed by atoms with E-state index in [9.17, 15) is 9.18 Å². The minimum Gasteiger partial charge on any atom is -0.348 e. The number of benzene rings is 2. The number of hydrogen-bond acceptors (Lipinski definition) is 4. The van der Waals surface area contributed by atoms with Gasteiger partial charge in [-0.3, -0.25) is 4.79 Å². The predicted octanol–water partition coefficient (Wildman–Crippen LogP) is 3.06. The third-order valence-electron chi connectivity index (χ3n) is 4.04. The van der Waals surface area contributed by atoms with Gasteiger partial charge in [0.1, 0.15) is 12.4 Å². The van der Waals surface area contributed by atoms with Crippen molar-refractivity contribution in [2.45, 2.75) is 32.9 Å². The van der Waals surface area contributed by atoms with E-state index in [1.165, 1.54) is 22.5 Å². The molecule has 7 heteroatoms. The zero-order valence-electron chi connectivity index (χ0n) is 14.7. The van der Waals surface area contributed by atoms with Gasteiger partial charge >= 0.3 is 0 Å². The van der Waals surface area contributed by atoms with Crippen LogP contribution in [0.3, 0.4) is 0 Å². The van der Waals surface area contributed by atoms with Crippen molar-refractivity contribution in [1.29, 1.82) is 0 Å². The number of tetrazole rings is 1. The number of amides is 1. The molecule has 1 N–H and O–H groups in total. The molecule has 3 aromatic rings. The van der Waals surface area contributed by atoms with Gasteiger partial charge in [-0.15, -0.1) is 10.2 Å². The Labute approximate surface area is 151 Å². The second-order valence-electron chi connectivity index (χ2n) is 6.09. The fraction of sp³-hybridized carbons (Fsp3) is 0.263. The van der Waals surface area contributed by atoms with Crippen molar-refractivity contribution in [2.75, 3.05) is 0 Å². The van der Waals surface area contributed by atoms with Crippen molar-refractivity contribution < 1.29 is 9.18 Å². The monoisotopic (exact) mass is 353 g/mol. The number of carbonyl (C=O) groups is 1. The molecule has 1 atom stereocenters. The number of aromatic nitrogens is 4. The Kier molecular flexibility index (Phi) is 5.36. The van der Waals surface area contributed by atoms with Gasteiger partial charge in [0.15, 0.2) is 0 Å². The fourth-order valence-corrected chi connectivity index (χ4v) is 2.64. The highest BCUT2D eigenvalue weighted by Crippen LogP contribution is 2.17. The van der Waals surface area contributed by atoms with Crippen LogP contribution in [0.25, 0.3) is 11.4 Å². The number of carbonyl (C=O) groups excluding carboxylic acids is 1. The van der Waals surface area contributed by atoms with E-state index in [2.05, 4.69) is 20.7 Å². The molecule has 0 spiro atoms. The molecule has 0 fully saturated rings. The van der Waals surface area contributed by atoms with E-state index in [0.717, 1.165) is 12.0 Å². The quantitative estimate of drug-likeness (QED) is 0.739. The first-order chi connectivity index (χ1) is 12.5. The maximum Gasteiger partial charge on any atom is 0.244 e. The average Bonchev–Trinajstić information content (AvgIpc) is 3.09. The van der Waals surface area contributed by atoms with Crippen LogP contribution in [0.1, 0.15) is 30.5 Å². The van der Waals surface area contributed by atoms with Crippen molar-refractivity contribution in [1.82, 2.24) is 25.5 Å². The topological polar surface area (TPSA) is 72.7 Å². The minimum atomic E-state index is -0.375. The van der Waals surface area contributed by atoms with Crippen LogP contribution in [0.5, 0.6) is 0 Å². The van der Waals surface area contributed by atoms with Crippen molar-refractivity contribution in [3.63, 3.8) is 0 Å². The van der Waals surface area contributed by atoms with Gasteiger partial charge in [-0.25, -0.2) is 4.39 Å². The SMILES string of the molecule is CC[C@H](NC(=O)Cn1nnc(-c2cccc(F)c2)n1)c1ccc(C)cc1. The Morgan fingerprint density at radius 1 is 1.23 bits per heavy atom. The number of halogens is 1. The molecule has 0 unspecified atom stereocenters. The van der Waals surface area contributed by atoms with Crippen LogP contribution in [-0.2, 0) is 11.3 Å². The van der Waals surface area contributed by atoms with Gasteiger partial charge in [-0.2, -0.15) is 4.80 Å². The predicted molar refractivity (Wildman–Crippen MR) is 95.6 cm³/mol. The molecule has 3 rings (SSSR count). The van der Waals surface area contributed by atoms with Crippen LogP contribution in [0.2, 0.25) is 0 Å². The number of aryl methyl sites for hydroxylation is 1. The molecule has 26 heavy (non-hydrogen) atoms. The van der Waals surface area contributed by atoms with Gasteiger partial charge in [0.05, 0.1) is 6.04 Å². The molecule has 0 aliphatic carbocycles. The summed E-state index contributed by atoms with van der Waals surface area (Å²) in [5.74, 6) is -0.302. The summed E-state index contributed by atoms with van der Waals surface area (Å²) in [6, 6.07) is 13.9. The summed E-state index contributed by atoms with van der Waals surface area (Å²) in [6.45, 7) is 3.99. The molecular formula is C19H20FN5O. The molecule has 2 aromatic carbocycles. The van der Waals surface area contributed by atoms with Crippen molar-refractivity contribution >= 4 is 5.91 Å². The fourth-order valence-electron chi connectivity index (χ4n) is 2.64. The molecule has 0 radical (unpaired) electrons. The van der Waals surface area contributed by atoms with Gasteiger partial charge < -0.3 is 5.32 Å². The van der Waals surface area contributed by atoms with E-state index in [1.54, 1.807) is 12.1 Å². The smallest absolute Gasteiger partial charge is 0.244 e. The molecule has 0 saturated heterocycles. The van der Waals surface area contributed by atoms with Crippen LogP contribution in [0, 0.1) is 12.7 Å². The third-order valence-corrected chi connectivity index (χ3v) is 4.04. The van der Waals surface area contributed by atoms with Gasteiger partial charge in [0, 0.05) is 5.56 Å². The molecule has 134 valence electrons. The largest absolute Gasteiger partial charge is 0.348 e. The summed E-state index contributed by atoms with van der Waals surface area (Å²) in [4.78, 5) is 13.5. The average molecular weight is 353 g/mol. The number of rotatable bonds is 6. The highest BCUT2D eigenvalue weighted by atomic mass is 19.1. The zero-order valence-corrected chi connectivity index (χ0v) is 14.7. The molecule has 0 saturated carbocycles. The van der Waals surface area contributed by atoms with Crippen molar-refractivity contribution in [3.05, 3.63) is 65.5 Å². The van der Waals surface area contributed by atoms with Crippen LogP contribution < -0.4 is 5.32 Å². The number of nitrogens with one attached hydrogen (secondary N) is 1.